The lowest BCUT2D eigenvalue weighted by atomic mass is 10.2. The van der Waals surface area contributed by atoms with Crippen LogP contribution in [0.4, 0.5) is 0 Å². The maximum Gasteiger partial charge on any atom is 0.242 e. The normalized spacial score (nSPS) is 11.6. The topological polar surface area (TPSA) is 46.2 Å². The highest BCUT2D eigenvalue weighted by Gasteiger charge is 2.18. The van der Waals surface area contributed by atoms with Gasteiger partial charge in [-0.3, -0.25) is 0 Å². The third-order valence-corrected chi connectivity index (χ3v) is 5.38. The van der Waals surface area contributed by atoms with Crippen LogP contribution in [0.5, 0.6) is 0 Å². The van der Waals surface area contributed by atoms with Gasteiger partial charge in [0.05, 0.1) is 5.02 Å². The molecule has 0 saturated carbocycles. The van der Waals surface area contributed by atoms with Crippen molar-refractivity contribution in [1.82, 2.24) is 4.72 Å². The predicted molar refractivity (Wildman–Crippen MR) is 86.5 cm³/mol. The molecule has 0 spiro atoms. The van der Waals surface area contributed by atoms with Crippen molar-refractivity contribution >= 4 is 33.2 Å². The van der Waals surface area contributed by atoms with Crippen molar-refractivity contribution in [1.29, 1.82) is 0 Å². The van der Waals surface area contributed by atoms with E-state index in [0.717, 1.165) is 5.56 Å². The van der Waals surface area contributed by atoms with Crippen LogP contribution >= 0.6 is 23.2 Å². The lowest BCUT2D eigenvalue weighted by Crippen LogP contribution is -2.26. The molecule has 0 radical (unpaired) electrons. The molecule has 0 aliphatic rings. The Labute approximate surface area is 135 Å². The van der Waals surface area contributed by atoms with E-state index in [0.29, 0.717) is 23.6 Å². The van der Waals surface area contributed by atoms with Gasteiger partial charge in [-0.05, 0) is 36.6 Å². The monoisotopic (exact) mass is 343 g/mol. The molecule has 0 heterocycles. The Kier molecular flexibility index (Phi) is 5.27. The van der Waals surface area contributed by atoms with Crippen LogP contribution in [-0.2, 0) is 16.4 Å². The summed E-state index contributed by atoms with van der Waals surface area (Å²) < 4.78 is 27.1. The third kappa shape index (κ3) is 4.20. The van der Waals surface area contributed by atoms with Crippen LogP contribution in [0.15, 0.2) is 47.4 Å². The summed E-state index contributed by atoms with van der Waals surface area (Å²) in [5.41, 5.74) is 1.74. The van der Waals surface area contributed by atoms with Crippen molar-refractivity contribution in [3.8, 4) is 0 Å². The molecule has 1 N–H and O–H groups in total. The average molecular weight is 344 g/mol. The molecule has 2 aromatic rings. The minimum absolute atomic E-state index is 0.0547. The first-order chi connectivity index (χ1) is 9.90. The molecular formula is C15H15Cl2NO2S. The lowest BCUT2D eigenvalue weighted by Gasteiger charge is -2.10. The van der Waals surface area contributed by atoms with E-state index in [1.165, 1.54) is 12.1 Å². The molecule has 2 rings (SSSR count). The van der Waals surface area contributed by atoms with Crippen molar-refractivity contribution in [2.75, 3.05) is 6.54 Å². The molecule has 0 aromatic heterocycles. The molecule has 3 nitrogen and oxygen atoms in total. The lowest BCUT2D eigenvalue weighted by molar-refractivity contribution is 0.581. The number of sulfonamides is 1. The van der Waals surface area contributed by atoms with Crippen LogP contribution in [0.2, 0.25) is 10.0 Å². The quantitative estimate of drug-likeness (QED) is 0.896. The van der Waals surface area contributed by atoms with E-state index in [1.54, 1.807) is 6.92 Å². The fraction of sp³-hybridized carbons (Fsp3) is 0.200. The SMILES string of the molecule is Cc1cc(S(=O)(=O)NCCc2ccccc2)c(Cl)cc1Cl. The second-order valence-electron chi connectivity index (χ2n) is 4.67. The highest BCUT2D eigenvalue weighted by atomic mass is 35.5. The second kappa shape index (κ2) is 6.79. The number of benzene rings is 2. The van der Waals surface area contributed by atoms with Gasteiger partial charge in [0, 0.05) is 11.6 Å². The number of hydrogen-bond donors (Lipinski definition) is 1. The molecule has 2 aromatic carbocycles. The van der Waals surface area contributed by atoms with Crippen LogP contribution in [-0.4, -0.2) is 15.0 Å². The van der Waals surface area contributed by atoms with Gasteiger partial charge in [0.15, 0.2) is 0 Å². The van der Waals surface area contributed by atoms with Crippen LogP contribution in [0, 0.1) is 6.92 Å². The van der Waals surface area contributed by atoms with Crippen LogP contribution in [0.3, 0.4) is 0 Å². The summed E-state index contributed by atoms with van der Waals surface area (Å²) >= 11 is 11.9. The Morgan fingerprint density at radius 2 is 1.71 bits per heavy atom. The van der Waals surface area contributed by atoms with E-state index in [4.69, 9.17) is 23.2 Å². The Bertz CT molecular complexity index is 731. The highest BCUT2D eigenvalue weighted by Crippen LogP contribution is 2.27. The fourth-order valence-corrected chi connectivity index (χ4v) is 3.75. The van der Waals surface area contributed by atoms with Crippen LogP contribution in [0.25, 0.3) is 0 Å². The first kappa shape index (κ1) is 16.3. The molecule has 0 aliphatic carbocycles. The Morgan fingerprint density at radius 3 is 2.38 bits per heavy atom. The van der Waals surface area contributed by atoms with Crippen molar-refractivity contribution < 1.29 is 8.42 Å². The van der Waals surface area contributed by atoms with Gasteiger partial charge in [-0.1, -0.05) is 53.5 Å². The summed E-state index contributed by atoms with van der Waals surface area (Å²) in [4.78, 5) is 0.0547. The van der Waals surface area contributed by atoms with E-state index in [1.807, 2.05) is 30.3 Å². The average Bonchev–Trinajstić information content (AvgIpc) is 2.43. The molecule has 0 amide bonds. The van der Waals surface area contributed by atoms with Gasteiger partial charge >= 0.3 is 0 Å². The van der Waals surface area contributed by atoms with Gasteiger partial charge in [-0.2, -0.15) is 0 Å². The zero-order chi connectivity index (χ0) is 15.5. The standard InChI is InChI=1S/C15H15Cl2NO2S/c1-11-9-15(14(17)10-13(11)16)21(19,20)18-8-7-12-5-3-2-4-6-12/h2-6,9-10,18H,7-8H2,1H3. The van der Waals surface area contributed by atoms with Gasteiger partial charge in [-0.25, -0.2) is 13.1 Å². The number of halogens is 2. The molecule has 0 bridgehead atoms. The first-order valence-corrected chi connectivity index (χ1v) is 8.63. The minimum Gasteiger partial charge on any atom is -0.211 e. The molecule has 6 heteroatoms. The van der Waals surface area contributed by atoms with Gasteiger partial charge in [0.25, 0.3) is 0 Å². The Morgan fingerprint density at radius 1 is 1.05 bits per heavy atom. The summed E-state index contributed by atoms with van der Waals surface area (Å²) in [6.07, 6.45) is 0.615. The summed E-state index contributed by atoms with van der Waals surface area (Å²) in [7, 11) is -3.64. The van der Waals surface area contributed by atoms with Crippen molar-refractivity contribution in [2.45, 2.75) is 18.2 Å². The van der Waals surface area contributed by atoms with E-state index >= 15 is 0 Å². The molecule has 0 aliphatic heterocycles. The third-order valence-electron chi connectivity index (χ3n) is 3.05. The van der Waals surface area contributed by atoms with Crippen molar-refractivity contribution in [3.05, 3.63) is 63.6 Å². The van der Waals surface area contributed by atoms with Crippen LogP contribution in [0.1, 0.15) is 11.1 Å². The first-order valence-electron chi connectivity index (χ1n) is 6.39. The van der Waals surface area contributed by atoms with Gasteiger partial charge < -0.3 is 0 Å². The molecule has 112 valence electrons. The Balaban J connectivity index is 2.10. The minimum atomic E-state index is -3.64. The molecule has 21 heavy (non-hydrogen) atoms. The smallest absolute Gasteiger partial charge is 0.211 e. The van der Waals surface area contributed by atoms with Gasteiger partial charge in [-0.15, -0.1) is 0 Å². The number of nitrogens with one attached hydrogen (secondary N) is 1. The van der Waals surface area contributed by atoms with E-state index in [2.05, 4.69) is 4.72 Å². The summed E-state index contributed by atoms with van der Waals surface area (Å²) in [6.45, 7) is 2.05. The molecule has 0 unspecified atom stereocenters. The molecule has 0 fully saturated rings. The van der Waals surface area contributed by atoms with Crippen molar-refractivity contribution in [3.63, 3.8) is 0 Å². The molecular weight excluding hydrogens is 329 g/mol. The summed E-state index contributed by atoms with van der Waals surface area (Å²) in [5.74, 6) is 0. The maximum atomic E-state index is 12.3. The zero-order valence-corrected chi connectivity index (χ0v) is 13.8. The summed E-state index contributed by atoms with van der Waals surface area (Å²) in [6, 6.07) is 12.6. The Hall–Kier alpha value is -1.07. The van der Waals surface area contributed by atoms with Gasteiger partial charge in [0.2, 0.25) is 10.0 Å². The number of hydrogen-bond acceptors (Lipinski definition) is 2. The second-order valence-corrected chi connectivity index (χ2v) is 7.21. The van der Waals surface area contributed by atoms with Gasteiger partial charge in [0.1, 0.15) is 4.90 Å². The highest BCUT2D eigenvalue weighted by molar-refractivity contribution is 7.89. The zero-order valence-electron chi connectivity index (χ0n) is 11.4. The predicted octanol–water partition coefficient (Wildman–Crippen LogP) is 3.82. The number of rotatable bonds is 5. The number of aryl methyl sites for hydroxylation is 1. The van der Waals surface area contributed by atoms with Crippen molar-refractivity contribution in [2.24, 2.45) is 0 Å². The van der Waals surface area contributed by atoms with Crippen LogP contribution < -0.4 is 4.72 Å². The maximum absolute atomic E-state index is 12.3. The largest absolute Gasteiger partial charge is 0.242 e. The fourth-order valence-electron chi connectivity index (χ4n) is 1.89. The molecule has 0 atom stereocenters. The van der Waals surface area contributed by atoms with E-state index in [-0.39, 0.29) is 9.92 Å². The van der Waals surface area contributed by atoms with E-state index in [9.17, 15) is 8.42 Å². The van der Waals surface area contributed by atoms with E-state index < -0.39 is 10.0 Å². The molecule has 0 saturated heterocycles. The summed E-state index contributed by atoms with van der Waals surface area (Å²) in [5, 5.41) is 0.570.